The van der Waals surface area contributed by atoms with Crippen molar-refractivity contribution in [1.82, 2.24) is 5.32 Å². The Bertz CT molecular complexity index is 148. The Morgan fingerprint density at radius 1 is 1.23 bits per heavy atom. The van der Waals surface area contributed by atoms with Crippen molar-refractivity contribution in [2.45, 2.75) is 0 Å². The van der Waals surface area contributed by atoms with Crippen LogP contribution in [0.15, 0.2) is 4.99 Å². The third-order valence-corrected chi connectivity index (χ3v) is 0.568. The van der Waals surface area contributed by atoms with E-state index in [2.05, 4.69) is 10.3 Å². The van der Waals surface area contributed by atoms with Crippen molar-refractivity contribution >= 4 is 14.2 Å². The standard InChI is InChI=1S/C3H6N2.3Na.H3O4P/c1-2-5-3-4-1;;;;1-5(2,3)4/h3H,1-2H2,(H,4,5);;;;(H3,1,2,3,4)/q;3*+1;/p-3. The zero-order chi connectivity index (χ0) is 8.04. The molecule has 60 valence electrons. The number of phosphoric acid groups is 1. The molecule has 0 radical (unpaired) electrons. The predicted octanol–water partition coefficient (Wildman–Crippen LogP) is -12.2. The second-order valence-electron chi connectivity index (χ2n) is 1.44. The minimum atomic E-state index is -5.39. The van der Waals surface area contributed by atoms with Gasteiger partial charge in [0.15, 0.2) is 0 Å². The van der Waals surface area contributed by atoms with Crippen LogP contribution in [-0.4, -0.2) is 19.4 Å². The van der Waals surface area contributed by atoms with Crippen molar-refractivity contribution in [2.24, 2.45) is 4.99 Å². The van der Waals surface area contributed by atoms with Gasteiger partial charge in [0.2, 0.25) is 0 Å². The Balaban J connectivity index is -0.0000000506. The Morgan fingerprint density at radius 2 is 1.62 bits per heavy atom. The van der Waals surface area contributed by atoms with Crippen molar-refractivity contribution in [3.05, 3.63) is 0 Å². The van der Waals surface area contributed by atoms with Gasteiger partial charge in [-0.1, -0.05) is 0 Å². The van der Waals surface area contributed by atoms with Crippen LogP contribution in [0.5, 0.6) is 0 Å². The summed E-state index contributed by atoms with van der Waals surface area (Å²) < 4.78 is 8.55. The first-order chi connectivity index (χ1) is 4.50. The second kappa shape index (κ2) is 14.6. The minimum absolute atomic E-state index is 0. The molecule has 13 heavy (non-hydrogen) atoms. The van der Waals surface area contributed by atoms with Gasteiger partial charge in [0.05, 0.1) is 12.9 Å². The van der Waals surface area contributed by atoms with E-state index in [1.807, 2.05) is 0 Å². The molecule has 1 heterocycles. The van der Waals surface area contributed by atoms with Crippen LogP contribution in [0.1, 0.15) is 0 Å². The van der Waals surface area contributed by atoms with E-state index in [1.165, 1.54) is 0 Å². The molecule has 0 aliphatic carbocycles. The first kappa shape index (κ1) is 24.7. The van der Waals surface area contributed by atoms with Gasteiger partial charge in [0.25, 0.3) is 0 Å². The molecule has 0 atom stereocenters. The van der Waals surface area contributed by atoms with Crippen LogP contribution in [0.3, 0.4) is 0 Å². The fourth-order valence-electron chi connectivity index (χ4n) is 0.323. The van der Waals surface area contributed by atoms with Gasteiger partial charge in [-0.2, -0.15) is 7.82 Å². The average molecular weight is 234 g/mol. The molecule has 1 N–H and O–H groups in total. The Hall–Kier alpha value is 2.58. The van der Waals surface area contributed by atoms with Crippen LogP contribution in [-0.2, 0) is 4.57 Å². The topological polar surface area (TPSA) is 111 Å². The molecule has 1 aliphatic rings. The molecule has 6 nitrogen and oxygen atoms in total. The quantitative estimate of drug-likeness (QED) is 0.330. The van der Waals surface area contributed by atoms with Crippen LogP contribution < -0.4 is 109 Å². The predicted molar refractivity (Wildman–Crippen MR) is 29.0 cm³/mol. The smallest absolute Gasteiger partial charge is 0.822 e. The molecule has 0 aromatic carbocycles. The van der Waals surface area contributed by atoms with E-state index in [9.17, 15) is 0 Å². The molecule has 0 bridgehead atoms. The van der Waals surface area contributed by atoms with Gasteiger partial charge in [0, 0.05) is 6.54 Å². The van der Waals surface area contributed by atoms with Crippen LogP contribution in [0.4, 0.5) is 0 Å². The van der Waals surface area contributed by atoms with Crippen molar-refractivity contribution in [2.75, 3.05) is 13.1 Å². The molecule has 0 spiro atoms. The van der Waals surface area contributed by atoms with E-state index in [4.69, 9.17) is 19.2 Å². The number of nitrogens with zero attached hydrogens (tertiary/aromatic N) is 1. The number of hydrogen-bond donors (Lipinski definition) is 1. The van der Waals surface area contributed by atoms with Crippen molar-refractivity contribution in [3.63, 3.8) is 0 Å². The molecule has 0 unspecified atom stereocenters. The van der Waals surface area contributed by atoms with E-state index in [0.717, 1.165) is 13.1 Å². The van der Waals surface area contributed by atoms with Crippen molar-refractivity contribution in [3.8, 4) is 0 Å². The molecule has 1 aliphatic heterocycles. The van der Waals surface area contributed by atoms with Crippen molar-refractivity contribution in [1.29, 1.82) is 0 Å². The number of nitrogens with one attached hydrogen (secondary N) is 1. The largest absolute Gasteiger partial charge is 1.00 e. The Kier molecular flexibility index (Phi) is 27.7. The molecule has 10 heteroatoms. The summed E-state index contributed by atoms with van der Waals surface area (Å²) in [5.41, 5.74) is 0. The minimum Gasteiger partial charge on any atom is -0.822 e. The van der Waals surface area contributed by atoms with Crippen LogP contribution in [0.25, 0.3) is 0 Å². The number of rotatable bonds is 0. The Labute approximate surface area is 143 Å². The molecule has 0 saturated carbocycles. The SMILES string of the molecule is C1=NCCN1.O=P([O-])([O-])[O-].[Na+].[Na+].[Na+]. The summed E-state index contributed by atoms with van der Waals surface area (Å²) in [6, 6.07) is 0. The van der Waals surface area contributed by atoms with Gasteiger partial charge in [-0.05, 0) is 0 Å². The summed E-state index contributed by atoms with van der Waals surface area (Å²) in [6.45, 7) is 1.99. The fourth-order valence-corrected chi connectivity index (χ4v) is 0.323. The number of aliphatic imine (C=N–C) groups is 1. The second-order valence-corrected chi connectivity index (χ2v) is 2.33. The normalized spacial score (nSPS) is 11.9. The molecule has 1 rings (SSSR count). The van der Waals surface area contributed by atoms with Gasteiger partial charge in [-0.3, -0.25) is 4.99 Å². The van der Waals surface area contributed by atoms with E-state index >= 15 is 0 Å². The summed E-state index contributed by atoms with van der Waals surface area (Å²) in [7, 11) is -5.39. The number of hydrogen-bond acceptors (Lipinski definition) is 6. The average Bonchev–Trinajstić information content (AvgIpc) is 2.07. The molecular formula is C3H6N2Na3O4P. The summed E-state index contributed by atoms with van der Waals surface area (Å²) in [5, 5.41) is 2.93. The maximum Gasteiger partial charge on any atom is 1.00 e. The first-order valence-corrected chi connectivity index (χ1v) is 3.91. The van der Waals surface area contributed by atoms with Gasteiger partial charge < -0.3 is 24.6 Å². The summed E-state index contributed by atoms with van der Waals surface area (Å²) >= 11 is 0. The fraction of sp³-hybridized carbons (Fsp3) is 0.667. The molecular weight excluding hydrogens is 228 g/mol. The van der Waals surface area contributed by atoms with Crippen molar-refractivity contribution < 1.29 is 108 Å². The van der Waals surface area contributed by atoms with E-state index in [0.29, 0.717) is 0 Å². The summed E-state index contributed by atoms with van der Waals surface area (Å²) in [5.74, 6) is 0. The monoisotopic (exact) mass is 234 g/mol. The maximum atomic E-state index is 8.55. The maximum absolute atomic E-state index is 8.55. The summed E-state index contributed by atoms with van der Waals surface area (Å²) in [6.07, 6.45) is 1.74. The summed E-state index contributed by atoms with van der Waals surface area (Å²) in [4.78, 5) is 29.5. The molecule has 0 fully saturated rings. The third kappa shape index (κ3) is 40.2. The van der Waals surface area contributed by atoms with Gasteiger partial charge in [-0.15, -0.1) is 0 Å². The first-order valence-electron chi connectivity index (χ1n) is 2.45. The van der Waals surface area contributed by atoms with Gasteiger partial charge in [-0.25, -0.2) is 0 Å². The van der Waals surface area contributed by atoms with E-state index in [-0.39, 0.29) is 88.7 Å². The molecule has 0 aromatic rings. The Morgan fingerprint density at radius 3 is 1.69 bits per heavy atom. The zero-order valence-corrected chi connectivity index (χ0v) is 14.9. The van der Waals surface area contributed by atoms with Gasteiger partial charge >= 0.3 is 88.7 Å². The van der Waals surface area contributed by atoms with Crippen LogP contribution in [0, 0.1) is 0 Å². The van der Waals surface area contributed by atoms with E-state index in [1.54, 1.807) is 6.34 Å². The molecule has 0 aromatic heterocycles. The van der Waals surface area contributed by atoms with E-state index < -0.39 is 7.82 Å². The van der Waals surface area contributed by atoms with Gasteiger partial charge in [0.1, 0.15) is 0 Å². The zero-order valence-electron chi connectivity index (χ0n) is 8.02. The molecule has 0 saturated heterocycles. The molecule has 0 amide bonds. The van der Waals surface area contributed by atoms with Crippen LogP contribution >= 0.6 is 7.82 Å². The van der Waals surface area contributed by atoms with Crippen LogP contribution in [0.2, 0.25) is 0 Å². The third-order valence-electron chi connectivity index (χ3n) is 0.568.